The van der Waals surface area contributed by atoms with Crippen molar-refractivity contribution < 1.29 is 22.6 Å². The number of pyridine rings is 1. The van der Waals surface area contributed by atoms with Gasteiger partial charge in [0.05, 0.1) is 12.7 Å². The zero-order valence-electron chi connectivity index (χ0n) is 16.6. The highest BCUT2D eigenvalue weighted by Crippen LogP contribution is 2.20. The summed E-state index contributed by atoms with van der Waals surface area (Å²) < 4.78 is 47.8. The van der Waals surface area contributed by atoms with Crippen LogP contribution in [0.25, 0.3) is 0 Å². The maximum atomic E-state index is 12.4. The molecule has 0 atom stereocenters. The van der Waals surface area contributed by atoms with Crippen molar-refractivity contribution in [2.75, 3.05) is 26.8 Å². The van der Waals surface area contributed by atoms with Crippen molar-refractivity contribution in [3.8, 4) is 5.88 Å². The van der Waals surface area contributed by atoms with Gasteiger partial charge in [0.1, 0.15) is 0 Å². The first-order valence-corrected chi connectivity index (χ1v) is 9.67. The topological polar surface area (TPSA) is 67.8 Å². The minimum absolute atomic E-state index is 0. The molecule has 1 aromatic rings. The van der Waals surface area contributed by atoms with Crippen LogP contribution < -0.4 is 15.4 Å². The Bertz CT molecular complexity index is 609. The standard InChI is InChI=1S/C19H29F3N4O2.HI/c1-23-18(25-11-12-27-16-8-4-2-3-5-9-16)26-13-15-7-6-10-24-17(15)28-14-19(20,21)22;/h6-7,10,16H,2-5,8-9,11-14H2,1H3,(H2,23,25,26);1H. The molecule has 2 rings (SSSR count). The Hall–Kier alpha value is -1.30. The van der Waals surface area contributed by atoms with Gasteiger partial charge < -0.3 is 20.1 Å². The number of ether oxygens (including phenoxy) is 2. The number of halogens is 4. The van der Waals surface area contributed by atoms with E-state index in [1.165, 1.54) is 31.9 Å². The lowest BCUT2D eigenvalue weighted by atomic mass is 10.1. The summed E-state index contributed by atoms with van der Waals surface area (Å²) in [6.07, 6.45) is 4.60. The molecular formula is C19H30F3IN4O2. The van der Waals surface area contributed by atoms with Crippen LogP contribution in [0.15, 0.2) is 23.3 Å². The smallest absolute Gasteiger partial charge is 0.422 e. The zero-order valence-corrected chi connectivity index (χ0v) is 19.0. The predicted molar refractivity (Wildman–Crippen MR) is 117 cm³/mol. The first-order valence-electron chi connectivity index (χ1n) is 9.67. The highest BCUT2D eigenvalue weighted by Gasteiger charge is 2.29. The maximum absolute atomic E-state index is 12.4. The van der Waals surface area contributed by atoms with Gasteiger partial charge in [-0.2, -0.15) is 13.2 Å². The summed E-state index contributed by atoms with van der Waals surface area (Å²) in [5.41, 5.74) is 0.518. The number of aliphatic imine (C=N–C) groups is 1. The SMILES string of the molecule is CN=C(NCCOC1CCCCCC1)NCc1cccnc1OCC(F)(F)F.I. The van der Waals surface area contributed by atoms with E-state index in [1.54, 1.807) is 19.2 Å². The van der Waals surface area contributed by atoms with Gasteiger partial charge in [0.15, 0.2) is 12.6 Å². The summed E-state index contributed by atoms with van der Waals surface area (Å²) >= 11 is 0. The average molecular weight is 530 g/mol. The van der Waals surface area contributed by atoms with Gasteiger partial charge in [0.25, 0.3) is 0 Å². The van der Waals surface area contributed by atoms with E-state index in [4.69, 9.17) is 9.47 Å². The van der Waals surface area contributed by atoms with Crippen molar-refractivity contribution >= 4 is 29.9 Å². The van der Waals surface area contributed by atoms with Crippen molar-refractivity contribution in [3.63, 3.8) is 0 Å². The third kappa shape index (κ3) is 10.9. The number of alkyl halides is 3. The Balaban J connectivity index is 0.00000420. The molecule has 1 heterocycles. The molecule has 1 fully saturated rings. The van der Waals surface area contributed by atoms with E-state index in [0.29, 0.717) is 30.8 Å². The number of nitrogens with zero attached hydrogens (tertiary/aromatic N) is 2. The van der Waals surface area contributed by atoms with Crippen molar-refractivity contribution in [3.05, 3.63) is 23.9 Å². The lowest BCUT2D eigenvalue weighted by molar-refractivity contribution is -0.154. The molecule has 1 saturated carbocycles. The summed E-state index contributed by atoms with van der Waals surface area (Å²) in [5.74, 6) is 0.495. The lowest BCUT2D eigenvalue weighted by Crippen LogP contribution is -2.39. The number of aromatic nitrogens is 1. The molecular weight excluding hydrogens is 500 g/mol. The zero-order chi connectivity index (χ0) is 20.2. The Morgan fingerprint density at radius 2 is 1.93 bits per heavy atom. The Labute approximate surface area is 187 Å². The van der Waals surface area contributed by atoms with Gasteiger partial charge in [-0.05, 0) is 18.9 Å². The molecule has 10 heteroatoms. The van der Waals surface area contributed by atoms with Crippen LogP contribution >= 0.6 is 24.0 Å². The third-order valence-corrected chi connectivity index (χ3v) is 4.44. The number of guanidine groups is 1. The van der Waals surface area contributed by atoms with Crippen LogP contribution in [0, 0.1) is 0 Å². The van der Waals surface area contributed by atoms with Crippen LogP contribution in [0.1, 0.15) is 44.1 Å². The van der Waals surface area contributed by atoms with E-state index in [2.05, 4.69) is 20.6 Å². The largest absolute Gasteiger partial charge is 0.468 e. The van der Waals surface area contributed by atoms with Crippen LogP contribution in [0.2, 0.25) is 0 Å². The lowest BCUT2D eigenvalue weighted by Gasteiger charge is -2.17. The summed E-state index contributed by atoms with van der Waals surface area (Å²) in [6.45, 7) is 0.0471. The number of hydrogen-bond acceptors (Lipinski definition) is 4. The van der Waals surface area contributed by atoms with Gasteiger partial charge in [-0.25, -0.2) is 4.98 Å². The fourth-order valence-corrected chi connectivity index (χ4v) is 3.04. The highest BCUT2D eigenvalue weighted by molar-refractivity contribution is 14.0. The van der Waals surface area contributed by atoms with E-state index in [1.807, 2.05) is 0 Å². The summed E-state index contributed by atoms with van der Waals surface area (Å²) in [4.78, 5) is 7.99. The molecule has 0 radical (unpaired) electrons. The van der Waals surface area contributed by atoms with Crippen LogP contribution in [-0.4, -0.2) is 50.0 Å². The second-order valence-electron chi connectivity index (χ2n) is 6.71. The van der Waals surface area contributed by atoms with Crippen molar-refractivity contribution in [1.29, 1.82) is 0 Å². The summed E-state index contributed by atoms with van der Waals surface area (Å²) in [6, 6.07) is 3.31. The second-order valence-corrected chi connectivity index (χ2v) is 6.71. The van der Waals surface area contributed by atoms with Crippen LogP contribution in [0.5, 0.6) is 5.88 Å². The first-order chi connectivity index (χ1) is 13.5. The van der Waals surface area contributed by atoms with Gasteiger partial charge in [0, 0.05) is 31.9 Å². The Morgan fingerprint density at radius 1 is 1.21 bits per heavy atom. The quantitative estimate of drug-likeness (QED) is 0.175. The molecule has 0 aromatic carbocycles. The average Bonchev–Trinajstić information content (AvgIpc) is 2.94. The van der Waals surface area contributed by atoms with Gasteiger partial charge in [0.2, 0.25) is 5.88 Å². The number of nitrogens with one attached hydrogen (secondary N) is 2. The minimum atomic E-state index is -4.41. The van der Waals surface area contributed by atoms with E-state index >= 15 is 0 Å². The molecule has 6 nitrogen and oxygen atoms in total. The van der Waals surface area contributed by atoms with E-state index in [9.17, 15) is 13.2 Å². The molecule has 1 aromatic heterocycles. The van der Waals surface area contributed by atoms with Crippen molar-refractivity contribution in [2.24, 2.45) is 4.99 Å². The van der Waals surface area contributed by atoms with Crippen LogP contribution in [0.3, 0.4) is 0 Å². The second kappa shape index (κ2) is 13.8. The monoisotopic (exact) mass is 530 g/mol. The fraction of sp³-hybridized carbons (Fsp3) is 0.684. The van der Waals surface area contributed by atoms with Gasteiger partial charge in [-0.3, -0.25) is 4.99 Å². The van der Waals surface area contributed by atoms with E-state index < -0.39 is 12.8 Å². The molecule has 0 spiro atoms. The molecule has 0 aliphatic heterocycles. The molecule has 1 aliphatic carbocycles. The van der Waals surface area contributed by atoms with Gasteiger partial charge >= 0.3 is 6.18 Å². The molecule has 0 unspecified atom stereocenters. The Morgan fingerprint density at radius 3 is 2.59 bits per heavy atom. The molecule has 0 saturated heterocycles. The van der Waals surface area contributed by atoms with E-state index in [0.717, 1.165) is 12.8 Å². The molecule has 2 N–H and O–H groups in total. The van der Waals surface area contributed by atoms with Crippen molar-refractivity contribution in [1.82, 2.24) is 15.6 Å². The Kier molecular flexibility index (Phi) is 12.3. The number of rotatable bonds is 8. The number of hydrogen-bond donors (Lipinski definition) is 2. The van der Waals surface area contributed by atoms with Crippen molar-refractivity contribution in [2.45, 2.75) is 57.3 Å². The van der Waals surface area contributed by atoms with Gasteiger partial charge in [-0.1, -0.05) is 31.7 Å². The summed E-state index contributed by atoms with van der Waals surface area (Å²) in [7, 11) is 1.63. The molecule has 0 bridgehead atoms. The van der Waals surface area contributed by atoms with Crippen LogP contribution in [0.4, 0.5) is 13.2 Å². The molecule has 1 aliphatic rings. The van der Waals surface area contributed by atoms with Crippen LogP contribution in [-0.2, 0) is 11.3 Å². The molecule has 29 heavy (non-hydrogen) atoms. The third-order valence-electron chi connectivity index (χ3n) is 4.44. The van der Waals surface area contributed by atoms with Gasteiger partial charge in [-0.15, -0.1) is 24.0 Å². The fourth-order valence-electron chi connectivity index (χ4n) is 3.04. The minimum Gasteiger partial charge on any atom is -0.468 e. The van der Waals surface area contributed by atoms with E-state index in [-0.39, 0.29) is 36.4 Å². The molecule has 0 amide bonds. The normalized spacial score (nSPS) is 15.9. The highest BCUT2D eigenvalue weighted by atomic mass is 127. The summed E-state index contributed by atoms with van der Waals surface area (Å²) in [5, 5.41) is 6.20. The maximum Gasteiger partial charge on any atom is 0.422 e. The molecule has 166 valence electrons. The first kappa shape index (κ1) is 25.7. The predicted octanol–water partition coefficient (Wildman–Crippen LogP) is 4.05.